The van der Waals surface area contributed by atoms with Gasteiger partial charge in [-0.2, -0.15) is 0 Å². The third-order valence-corrected chi connectivity index (χ3v) is 7.16. The maximum atomic E-state index is 11.6. The second-order valence-corrected chi connectivity index (χ2v) is 9.63. The summed E-state index contributed by atoms with van der Waals surface area (Å²) in [6, 6.07) is 12.7. The van der Waals surface area contributed by atoms with E-state index in [1.807, 2.05) is 24.3 Å². The van der Waals surface area contributed by atoms with Gasteiger partial charge in [-0.3, -0.25) is 9.88 Å². The lowest BCUT2D eigenvalue weighted by Crippen LogP contribution is -2.38. The molecule has 2 atom stereocenters. The molecule has 4 heterocycles. The number of ether oxygens (including phenoxy) is 1. The number of hydrogen-bond donors (Lipinski definition) is 3. The van der Waals surface area contributed by atoms with Crippen LogP contribution in [0.5, 0.6) is 0 Å². The van der Waals surface area contributed by atoms with Crippen molar-refractivity contribution in [2.75, 3.05) is 39.4 Å². The van der Waals surface area contributed by atoms with Crippen LogP contribution in [-0.2, 0) is 4.74 Å². The molecule has 5 rings (SSSR count). The minimum atomic E-state index is -1.21. The van der Waals surface area contributed by atoms with Gasteiger partial charge in [0.2, 0.25) is 0 Å². The van der Waals surface area contributed by atoms with E-state index in [2.05, 4.69) is 20.1 Å². The number of carboxylic acids is 2. The number of thiocarbonyl (C=S) groups is 1. The Morgan fingerprint density at radius 3 is 2.42 bits per heavy atom. The first kappa shape index (κ1) is 25.8. The van der Waals surface area contributed by atoms with E-state index in [9.17, 15) is 19.8 Å². The third kappa shape index (κ3) is 5.54. The largest absolute Gasteiger partial charge is 0.478 e. The third-order valence-electron chi connectivity index (χ3n) is 6.80. The Balaban J connectivity index is 1.44. The Morgan fingerprint density at radius 2 is 1.76 bits per heavy atom. The summed E-state index contributed by atoms with van der Waals surface area (Å²) >= 11 is 5.74. The van der Waals surface area contributed by atoms with E-state index < -0.39 is 11.9 Å². The Morgan fingerprint density at radius 1 is 1.03 bits per heavy atom. The number of aromatic nitrogens is 1. The van der Waals surface area contributed by atoms with Crippen molar-refractivity contribution in [1.82, 2.24) is 20.1 Å². The lowest BCUT2D eigenvalue weighted by molar-refractivity contribution is 0.0365. The molecule has 0 aliphatic carbocycles. The van der Waals surface area contributed by atoms with Gasteiger partial charge in [-0.25, -0.2) is 9.59 Å². The van der Waals surface area contributed by atoms with E-state index in [1.165, 1.54) is 12.1 Å². The number of benzene rings is 1. The van der Waals surface area contributed by atoms with Crippen LogP contribution in [0.1, 0.15) is 50.7 Å². The molecule has 2 aliphatic heterocycles. The van der Waals surface area contributed by atoms with Gasteiger partial charge >= 0.3 is 11.9 Å². The van der Waals surface area contributed by atoms with Gasteiger partial charge in [0.05, 0.1) is 36.1 Å². The number of carbonyl (C=O) groups is 2. The molecule has 2 aromatic heterocycles. The van der Waals surface area contributed by atoms with Gasteiger partial charge in [0.1, 0.15) is 17.6 Å². The molecule has 0 saturated carbocycles. The zero-order valence-corrected chi connectivity index (χ0v) is 21.4. The van der Waals surface area contributed by atoms with E-state index in [-0.39, 0.29) is 23.2 Å². The molecule has 0 bridgehead atoms. The van der Waals surface area contributed by atoms with Crippen LogP contribution in [-0.4, -0.2) is 81.4 Å². The summed E-state index contributed by atoms with van der Waals surface area (Å²) in [4.78, 5) is 32.2. The van der Waals surface area contributed by atoms with Crippen molar-refractivity contribution in [1.29, 1.82) is 0 Å². The normalized spacial score (nSPS) is 19.9. The summed E-state index contributed by atoms with van der Waals surface area (Å²) < 4.78 is 11.7. The molecule has 198 valence electrons. The van der Waals surface area contributed by atoms with E-state index >= 15 is 0 Å². The minimum absolute atomic E-state index is 0.127. The van der Waals surface area contributed by atoms with E-state index in [1.54, 1.807) is 12.3 Å². The van der Waals surface area contributed by atoms with Crippen LogP contribution in [0.2, 0.25) is 0 Å². The number of morpholine rings is 1. The van der Waals surface area contributed by atoms with Gasteiger partial charge in [-0.15, -0.1) is 0 Å². The first-order valence-corrected chi connectivity index (χ1v) is 12.8. The fourth-order valence-electron chi connectivity index (χ4n) is 4.93. The van der Waals surface area contributed by atoms with Crippen molar-refractivity contribution < 1.29 is 29.0 Å². The van der Waals surface area contributed by atoms with Crippen LogP contribution in [0, 0.1) is 0 Å². The number of nitrogens with one attached hydrogen (secondary N) is 1. The zero-order valence-electron chi connectivity index (χ0n) is 20.6. The lowest BCUT2D eigenvalue weighted by Gasteiger charge is -2.29. The van der Waals surface area contributed by atoms with Gasteiger partial charge in [0.25, 0.3) is 0 Å². The van der Waals surface area contributed by atoms with Crippen LogP contribution < -0.4 is 5.32 Å². The summed E-state index contributed by atoms with van der Waals surface area (Å²) in [5.74, 6) is -1.44. The highest BCUT2D eigenvalue weighted by molar-refractivity contribution is 7.80. The second kappa shape index (κ2) is 11.3. The summed E-state index contributed by atoms with van der Waals surface area (Å²) in [6.45, 7) is 4.94. The summed E-state index contributed by atoms with van der Waals surface area (Å²) in [5.41, 5.74) is 0.931. The molecule has 38 heavy (non-hydrogen) atoms. The first-order valence-electron chi connectivity index (χ1n) is 12.4. The van der Waals surface area contributed by atoms with Gasteiger partial charge in [-0.05, 0) is 61.1 Å². The molecule has 0 spiro atoms. The van der Waals surface area contributed by atoms with Gasteiger partial charge < -0.3 is 29.6 Å². The summed E-state index contributed by atoms with van der Waals surface area (Å²) in [6.07, 6.45) is 2.63. The van der Waals surface area contributed by atoms with Crippen molar-refractivity contribution in [2.24, 2.45) is 0 Å². The van der Waals surface area contributed by atoms with Crippen molar-refractivity contribution in [3.8, 4) is 11.3 Å². The number of rotatable bonds is 9. The topological polar surface area (TPSA) is 128 Å². The maximum absolute atomic E-state index is 11.6. The quantitative estimate of drug-likeness (QED) is 0.348. The van der Waals surface area contributed by atoms with Crippen LogP contribution in [0.4, 0.5) is 0 Å². The predicted octanol–water partition coefficient (Wildman–Crippen LogP) is 3.43. The lowest BCUT2D eigenvalue weighted by atomic mass is 10.0. The molecule has 10 nitrogen and oxygen atoms in total. The van der Waals surface area contributed by atoms with Gasteiger partial charge in [-0.1, -0.05) is 6.07 Å². The zero-order chi connectivity index (χ0) is 26.6. The molecule has 2 saturated heterocycles. The minimum Gasteiger partial charge on any atom is -0.478 e. The monoisotopic (exact) mass is 536 g/mol. The Labute approximate surface area is 224 Å². The maximum Gasteiger partial charge on any atom is 0.335 e. The molecular weight excluding hydrogens is 508 g/mol. The highest BCUT2D eigenvalue weighted by Gasteiger charge is 2.41. The molecule has 2 fully saturated rings. The van der Waals surface area contributed by atoms with Crippen LogP contribution in [0.25, 0.3) is 11.3 Å². The fraction of sp³-hybridized carbons (Fsp3) is 0.333. The highest BCUT2D eigenvalue weighted by atomic mass is 32.1. The first-order chi connectivity index (χ1) is 18.4. The Hall–Kier alpha value is -3.80. The number of aromatic carboxylic acids is 2. The standard InChI is InChI=1S/C27H28N4O6S/c32-25(33)18-14-17(15-19(16-18)26(34)35)21-5-6-22(37-21)24-23(20-4-1-2-7-28-20)29-27(38)31(24)9-3-8-30-10-12-36-13-11-30/h1-2,4-7,14-16,23-24H,3,8-13H2,(H,29,38)(H,32,33)(H,34,35)/t23-,24+/m1/s1. The van der Waals surface area contributed by atoms with Crippen molar-refractivity contribution >= 4 is 29.3 Å². The molecule has 3 N–H and O–H groups in total. The van der Waals surface area contributed by atoms with E-state index in [0.29, 0.717) is 28.7 Å². The van der Waals surface area contributed by atoms with Crippen LogP contribution >= 0.6 is 12.2 Å². The predicted molar refractivity (Wildman–Crippen MR) is 142 cm³/mol. The highest BCUT2D eigenvalue weighted by Crippen LogP contribution is 2.40. The molecule has 3 aromatic rings. The molecule has 0 amide bonds. The molecule has 11 heteroatoms. The van der Waals surface area contributed by atoms with Crippen molar-refractivity contribution in [2.45, 2.75) is 18.5 Å². The SMILES string of the molecule is O=C(O)c1cc(C(=O)O)cc(-c2ccc([C@H]3[C@@H](c4ccccn4)NC(=S)N3CCCN3CCOCC3)o2)c1. The molecule has 2 aliphatic rings. The van der Waals surface area contributed by atoms with Crippen LogP contribution in [0.15, 0.2) is 59.1 Å². The second-order valence-electron chi connectivity index (χ2n) is 9.24. The number of hydrogen-bond acceptors (Lipinski definition) is 7. The number of furan rings is 1. The molecule has 1 aromatic carbocycles. The van der Waals surface area contributed by atoms with Crippen molar-refractivity contribution in [3.05, 3.63) is 77.3 Å². The van der Waals surface area contributed by atoms with Crippen molar-refractivity contribution in [3.63, 3.8) is 0 Å². The Kier molecular flexibility index (Phi) is 7.68. The average molecular weight is 537 g/mol. The van der Waals surface area contributed by atoms with E-state index in [0.717, 1.165) is 51.0 Å². The van der Waals surface area contributed by atoms with E-state index in [4.69, 9.17) is 21.4 Å². The Bertz CT molecular complexity index is 1290. The number of nitrogens with zero attached hydrogens (tertiary/aromatic N) is 3. The van der Waals surface area contributed by atoms with Gasteiger partial charge in [0.15, 0.2) is 5.11 Å². The fourth-order valence-corrected chi connectivity index (χ4v) is 5.26. The van der Waals surface area contributed by atoms with Gasteiger partial charge in [0, 0.05) is 37.9 Å². The summed E-state index contributed by atoms with van der Waals surface area (Å²) in [5, 5.41) is 22.9. The number of carboxylic acid groups (broad SMARTS) is 2. The molecule has 0 unspecified atom stereocenters. The number of pyridine rings is 1. The average Bonchev–Trinajstić information content (AvgIpc) is 3.54. The molecular formula is C27H28N4O6S. The van der Waals surface area contributed by atoms with Crippen LogP contribution in [0.3, 0.4) is 0 Å². The smallest absolute Gasteiger partial charge is 0.335 e. The molecule has 0 radical (unpaired) electrons. The summed E-state index contributed by atoms with van der Waals surface area (Å²) in [7, 11) is 0.